The molecule has 4 aromatic carbocycles. The van der Waals surface area contributed by atoms with Crippen LogP contribution in [0.2, 0.25) is 5.02 Å². The summed E-state index contributed by atoms with van der Waals surface area (Å²) in [5.41, 5.74) is 0.0521. The van der Waals surface area contributed by atoms with Gasteiger partial charge >= 0.3 is 0 Å². The van der Waals surface area contributed by atoms with E-state index in [4.69, 9.17) is 16.6 Å². The first-order valence-electron chi connectivity index (χ1n) is 13.7. The average molecular weight is 581 g/mol. The quantitative estimate of drug-likeness (QED) is 0.230. The Morgan fingerprint density at radius 2 is 1.51 bits per heavy atom. The SMILES string of the molecule is Cc1cccc(C)c1N=C1C=C(C(=O)c2ccccc2)[C@@]2(C(=O)N(Cc3ccccc3)c3ccc(Cl)cc32)C1(C#N)C#N. The third-order valence-corrected chi connectivity index (χ3v) is 8.56. The summed E-state index contributed by atoms with van der Waals surface area (Å²) in [7, 11) is 0. The highest BCUT2D eigenvalue weighted by Crippen LogP contribution is 2.61. The van der Waals surface area contributed by atoms with Crippen LogP contribution in [0.3, 0.4) is 0 Å². The first kappa shape index (κ1) is 27.8. The van der Waals surface area contributed by atoms with Gasteiger partial charge in [-0.2, -0.15) is 10.5 Å². The van der Waals surface area contributed by atoms with E-state index in [1.165, 1.54) is 6.08 Å². The van der Waals surface area contributed by atoms with Crippen LogP contribution in [0, 0.1) is 41.9 Å². The Labute approximate surface area is 254 Å². The number of carbonyl (C=O) groups excluding carboxylic acids is 2. The molecule has 0 bridgehead atoms. The number of nitriles is 2. The van der Waals surface area contributed by atoms with Gasteiger partial charge in [-0.1, -0.05) is 90.5 Å². The van der Waals surface area contributed by atoms with E-state index in [0.717, 1.165) is 16.7 Å². The van der Waals surface area contributed by atoms with Gasteiger partial charge < -0.3 is 4.90 Å². The maximum Gasteiger partial charge on any atom is 0.245 e. The molecular weight excluding hydrogens is 556 g/mol. The number of hydrogen-bond donors (Lipinski definition) is 0. The van der Waals surface area contributed by atoms with Crippen molar-refractivity contribution < 1.29 is 9.59 Å². The Balaban J connectivity index is 1.70. The van der Waals surface area contributed by atoms with Crippen molar-refractivity contribution in [1.29, 1.82) is 10.5 Å². The van der Waals surface area contributed by atoms with Gasteiger partial charge in [0.1, 0.15) is 5.41 Å². The number of nitrogens with zero attached hydrogens (tertiary/aromatic N) is 4. The van der Waals surface area contributed by atoms with Crippen LogP contribution in [0.15, 0.2) is 114 Å². The molecule has 4 aromatic rings. The molecule has 1 aliphatic heterocycles. The van der Waals surface area contributed by atoms with Gasteiger partial charge in [-0.25, -0.2) is 4.99 Å². The average Bonchev–Trinajstić information content (AvgIpc) is 3.44. The van der Waals surface area contributed by atoms with Crippen LogP contribution in [0.1, 0.15) is 32.6 Å². The number of benzene rings is 4. The monoisotopic (exact) mass is 580 g/mol. The number of rotatable bonds is 5. The summed E-state index contributed by atoms with van der Waals surface area (Å²) < 4.78 is 0. The lowest BCUT2D eigenvalue weighted by molar-refractivity contribution is -0.123. The highest BCUT2D eigenvalue weighted by molar-refractivity contribution is 6.33. The van der Waals surface area contributed by atoms with Crippen LogP contribution in [-0.2, 0) is 16.8 Å². The zero-order valence-corrected chi connectivity index (χ0v) is 24.3. The van der Waals surface area contributed by atoms with Gasteiger partial charge in [-0.3, -0.25) is 9.59 Å². The highest BCUT2D eigenvalue weighted by Gasteiger charge is 2.72. The van der Waals surface area contributed by atoms with Gasteiger partial charge in [0.2, 0.25) is 11.3 Å². The summed E-state index contributed by atoms with van der Waals surface area (Å²) in [6.07, 6.45) is 1.47. The first-order chi connectivity index (χ1) is 20.8. The van der Waals surface area contributed by atoms with Crippen molar-refractivity contribution >= 4 is 40.4 Å². The fourth-order valence-corrected chi connectivity index (χ4v) is 6.44. The number of hydrogen-bond acceptors (Lipinski definition) is 5. The number of ketones is 1. The Hall–Kier alpha value is -5.30. The lowest BCUT2D eigenvalue weighted by Crippen LogP contribution is -2.53. The number of para-hydroxylation sites is 1. The summed E-state index contributed by atoms with van der Waals surface area (Å²) in [4.78, 5) is 35.9. The van der Waals surface area contributed by atoms with Crippen LogP contribution in [-0.4, -0.2) is 17.4 Å². The third-order valence-electron chi connectivity index (χ3n) is 8.32. The predicted molar refractivity (Wildman–Crippen MR) is 166 cm³/mol. The van der Waals surface area contributed by atoms with E-state index >= 15 is 4.79 Å². The molecule has 208 valence electrons. The minimum absolute atomic E-state index is 0.0101. The maximum atomic E-state index is 15.0. The van der Waals surface area contributed by atoms with Crippen molar-refractivity contribution in [2.45, 2.75) is 25.8 Å². The normalized spacial score (nSPS) is 19.2. The summed E-state index contributed by atoms with van der Waals surface area (Å²) in [5.74, 6) is -1.03. The number of allylic oxidation sites excluding steroid dienone is 1. The standard InChI is InChI=1S/C36H25ClN4O2/c1-23-10-9-11-24(2)32(23)40-31-19-29(33(42)26-14-7-4-8-15-26)36(35(31,21-38)22-39)28-18-27(37)16-17-30(28)41(34(36)43)20-25-12-5-3-6-13-25/h3-19H,20H2,1-2H3/t36-/m0/s1. The highest BCUT2D eigenvalue weighted by atomic mass is 35.5. The second-order valence-electron chi connectivity index (χ2n) is 10.8. The van der Waals surface area contributed by atoms with Gasteiger partial charge in [-0.05, 0) is 54.8 Å². The van der Waals surface area contributed by atoms with Crippen molar-refractivity contribution in [2.75, 3.05) is 4.90 Å². The molecule has 0 unspecified atom stereocenters. The minimum atomic E-state index is -2.18. The number of aryl methyl sites for hydroxylation is 2. The van der Waals surface area contributed by atoms with Gasteiger partial charge in [-0.15, -0.1) is 0 Å². The number of aliphatic imine (C=N–C) groups is 1. The Morgan fingerprint density at radius 3 is 2.14 bits per heavy atom. The molecule has 43 heavy (non-hydrogen) atoms. The molecule has 1 spiro atoms. The van der Waals surface area contributed by atoms with E-state index in [1.54, 1.807) is 53.4 Å². The van der Waals surface area contributed by atoms with Crippen LogP contribution in [0.25, 0.3) is 0 Å². The second-order valence-corrected chi connectivity index (χ2v) is 11.2. The predicted octanol–water partition coefficient (Wildman–Crippen LogP) is 7.37. The van der Waals surface area contributed by atoms with Gasteiger partial charge in [0.05, 0.1) is 30.1 Å². The summed E-state index contributed by atoms with van der Waals surface area (Å²) in [6.45, 7) is 3.93. The number of halogens is 1. The Kier molecular flexibility index (Phi) is 6.81. The molecule has 0 aromatic heterocycles. The van der Waals surface area contributed by atoms with E-state index in [1.807, 2.05) is 62.4 Å². The second kappa shape index (κ2) is 10.5. The molecule has 0 fully saturated rings. The lowest BCUT2D eigenvalue weighted by Gasteiger charge is -2.35. The molecule has 6 rings (SSSR count). The molecule has 1 heterocycles. The van der Waals surface area contributed by atoms with Crippen LogP contribution < -0.4 is 4.90 Å². The third kappa shape index (κ3) is 4.03. The molecule has 0 saturated carbocycles. The Morgan fingerprint density at radius 1 is 0.884 bits per heavy atom. The largest absolute Gasteiger partial charge is 0.307 e. The molecule has 0 radical (unpaired) electrons. The fraction of sp³-hybridized carbons (Fsp3) is 0.139. The smallest absolute Gasteiger partial charge is 0.245 e. The maximum absolute atomic E-state index is 15.0. The number of carbonyl (C=O) groups is 2. The number of anilines is 1. The molecule has 6 nitrogen and oxygen atoms in total. The fourth-order valence-electron chi connectivity index (χ4n) is 6.27. The van der Waals surface area contributed by atoms with Crippen molar-refractivity contribution in [3.63, 3.8) is 0 Å². The minimum Gasteiger partial charge on any atom is -0.307 e. The van der Waals surface area contributed by atoms with Crippen molar-refractivity contribution in [2.24, 2.45) is 10.4 Å². The molecule has 1 atom stereocenters. The van der Waals surface area contributed by atoms with Crippen LogP contribution >= 0.6 is 11.6 Å². The number of amides is 1. The first-order valence-corrected chi connectivity index (χ1v) is 14.1. The van der Waals surface area contributed by atoms with E-state index in [0.29, 0.717) is 27.5 Å². The summed E-state index contributed by atoms with van der Waals surface area (Å²) in [6, 6.07) is 33.0. The molecular formula is C36H25ClN4O2. The zero-order chi connectivity index (χ0) is 30.4. The summed E-state index contributed by atoms with van der Waals surface area (Å²) in [5, 5.41) is 22.3. The molecule has 1 amide bonds. The van der Waals surface area contributed by atoms with Crippen LogP contribution in [0.5, 0.6) is 0 Å². The van der Waals surface area contributed by atoms with Gasteiger partial charge in [0, 0.05) is 27.4 Å². The lowest BCUT2D eigenvalue weighted by atomic mass is 9.59. The number of fused-ring (bicyclic) bond motifs is 2. The van der Waals surface area contributed by atoms with Gasteiger partial charge in [0.25, 0.3) is 0 Å². The molecule has 2 aliphatic rings. The summed E-state index contributed by atoms with van der Waals surface area (Å²) >= 11 is 6.54. The van der Waals surface area contributed by atoms with Crippen molar-refractivity contribution in [3.05, 3.63) is 142 Å². The topological polar surface area (TPSA) is 97.3 Å². The van der Waals surface area contributed by atoms with E-state index in [2.05, 4.69) is 12.1 Å². The van der Waals surface area contributed by atoms with Gasteiger partial charge in [0.15, 0.2) is 5.78 Å². The van der Waals surface area contributed by atoms with Crippen LogP contribution in [0.4, 0.5) is 11.4 Å². The molecule has 1 aliphatic carbocycles. The molecule has 7 heteroatoms. The van der Waals surface area contributed by atoms with Crippen molar-refractivity contribution in [1.82, 2.24) is 0 Å². The van der Waals surface area contributed by atoms with E-state index in [-0.39, 0.29) is 17.8 Å². The molecule has 0 saturated heterocycles. The van der Waals surface area contributed by atoms with Crippen molar-refractivity contribution in [3.8, 4) is 12.1 Å². The Bertz CT molecular complexity index is 1920. The molecule has 0 N–H and O–H groups in total. The number of Topliss-reactive ketones (excluding diaryl/α,β-unsaturated/α-hetero) is 1. The zero-order valence-electron chi connectivity index (χ0n) is 23.5. The van der Waals surface area contributed by atoms with E-state index < -0.39 is 22.5 Å². The van der Waals surface area contributed by atoms with E-state index in [9.17, 15) is 15.3 Å².